The van der Waals surface area contributed by atoms with Gasteiger partial charge in [0.15, 0.2) is 0 Å². The summed E-state index contributed by atoms with van der Waals surface area (Å²) in [5, 5.41) is 0. The molecule has 0 bridgehead atoms. The number of aldehydes is 1. The Kier molecular flexibility index (Phi) is 13.7. The second-order valence-electron chi connectivity index (χ2n) is 1.14. The van der Waals surface area contributed by atoms with Crippen LogP contribution < -0.4 is 0 Å². The van der Waals surface area contributed by atoms with E-state index in [1.54, 1.807) is 6.92 Å². The number of hydrogen-bond donors (Lipinski definition) is 0. The summed E-state index contributed by atoms with van der Waals surface area (Å²) in [7, 11) is 0. The van der Waals surface area contributed by atoms with Gasteiger partial charge in [-0.1, -0.05) is 6.92 Å². The van der Waals surface area contributed by atoms with Crippen molar-refractivity contribution in [3.63, 3.8) is 0 Å². The molecule has 0 rings (SSSR count). The molecule has 0 aliphatic rings. The SMILES string of the molecule is CCCl.CCOC(=O)C=O. The van der Waals surface area contributed by atoms with Crippen LogP contribution in [-0.2, 0) is 14.3 Å². The van der Waals surface area contributed by atoms with Crippen molar-refractivity contribution in [2.45, 2.75) is 13.8 Å². The van der Waals surface area contributed by atoms with Gasteiger partial charge in [-0.15, -0.1) is 11.6 Å². The highest BCUT2D eigenvalue weighted by atomic mass is 35.5. The average molecular weight is 167 g/mol. The number of ether oxygens (including phenoxy) is 1. The summed E-state index contributed by atoms with van der Waals surface area (Å²) in [5.74, 6) is -0.0810. The van der Waals surface area contributed by atoms with Gasteiger partial charge in [0.05, 0.1) is 6.61 Å². The average Bonchev–Trinajstić information content (AvgIpc) is 1.90. The lowest BCUT2D eigenvalue weighted by Gasteiger charge is -1.88. The summed E-state index contributed by atoms with van der Waals surface area (Å²) >= 11 is 5.00. The minimum Gasteiger partial charge on any atom is -0.460 e. The summed E-state index contributed by atoms with van der Waals surface area (Å²) in [6.07, 6.45) is 0.142. The third kappa shape index (κ3) is 15.7. The minimum atomic E-state index is -0.803. The number of hydrogen-bond acceptors (Lipinski definition) is 3. The highest BCUT2D eigenvalue weighted by Gasteiger charge is 1.91. The highest BCUT2D eigenvalue weighted by molar-refractivity contribution is 6.20. The summed E-state index contributed by atoms with van der Waals surface area (Å²) in [5.41, 5.74) is 0. The zero-order valence-corrected chi connectivity index (χ0v) is 6.85. The van der Waals surface area contributed by atoms with E-state index in [4.69, 9.17) is 11.6 Å². The lowest BCUT2D eigenvalue weighted by atomic mass is 10.7. The van der Waals surface area contributed by atoms with Gasteiger partial charge >= 0.3 is 5.97 Å². The van der Waals surface area contributed by atoms with Gasteiger partial charge in [0.25, 0.3) is 0 Å². The molecule has 0 aliphatic heterocycles. The first-order valence-corrected chi connectivity index (χ1v) is 3.44. The fourth-order valence-corrected chi connectivity index (χ4v) is 0.176. The molecule has 0 aromatic heterocycles. The smallest absolute Gasteiger partial charge is 0.371 e. The molecule has 0 N–H and O–H groups in total. The Labute approximate surface area is 65.3 Å². The Balaban J connectivity index is 0. The van der Waals surface area contributed by atoms with E-state index in [2.05, 4.69) is 4.74 Å². The molecule has 0 aliphatic carbocycles. The predicted molar refractivity (Wildman–Crippen MR) is 39.1 cm³/mol. The third-order valence-electron chi connectivity index (χ3n) is 0.383. The Morgan fingerprint density at radius 3 is 2.10 bits per heavy atom. The van der Waals surface area contributed by atoms with Crippen molar-refractivity contribution in [3.8, 4) is 0 Å². The maximum absolute atomic E-state index is 9.82. The summed E-state index contributed by atoms with van der Waals surface area (Å²) < 4.78 is 4.18. The largest absolute Gasteiger partial charge is 0.460 e. The van der Waals surface area contributed by atoms with E-state index in [1.807, 2.05) is 6.92 Å². The third-order valence-corrected chi connectivity index (χ3v) is 0.383. The Bertz CT molecular complexity index is 93.0. The quantitative estimate of drug-likeness (QED) is 0.266. The second-order valence-corrected chi connectivity index (χ2v) is 1.67. The molecule has 0 spiro atoms. The number of rotatable bonds is 2. The van der Waals surface area contributed by atoms with Crippen LogP contribution in [0.4, 0.5) is 0 Å². The Hall–Kier alpha value is -0.570. The van der Waals surface area contributed by atoms with Crippen LogP contribution in [0.5, 0.6) is 0 Å². The molecule has 60 valence electrons. The zero-order chi connectivity index (χ0) is 8.41. The molecule has 0 atom stereocenters. The van der Waals surface area contributed by atoms with Crippen LogP contribution in [0.1, 0.15) is 13.8 Å². The molecule has 0 aromatic rings. The van der Waals surface area contributed by atoms with Crippen molar-refractivity contribution < 1.29 is 14.3 Å². The predicted octanol–water partition coefficient (Wildman–Crippen LogP) is 0.993. The molecular formula is C6H11ClO3. The normalized spacial score (nSPS) is 7.10. The van der Waals surface area contributed by atoms with E-state index in [0.29, 0.717) is 0 Å². The topological polar surface area (TPSA) is 43.4 Å². The van der Waals surface area contributed by atoms with E-state index in [9.17, 15) is 9.59 Å². The van der Waals surface area contributed by atoms with E-state index in [1.165, 1.54) is 0 Å². The Morgan fingerprint density at radius 2 is 2.00 bits per heavy atom. The molecular weight excluding hydrogens is 156 g/mol. The van der Waals surface area contributed by atoms with Gasteiger partial charge in [-0.05, 0) is 6.92 Å². The van der Waals surface area contributed by atoms with Crippen LogP contribution in [0.3, 0.4) is 0 Å². The number of alkyl halides is 1. The van der Waals surface area contributed by atoms with Crippen molar-refractivity contribution in [1.82, 2.24) is 0 Å². The summed E-state index contributed by atoms with van der Waals surface area (Å²) in [4.78, 5) is 19.2. The van der Waals surface area contributed by atoms with E-state index < -0.39 is 5.97 Å². The van der Waals surface area contributed by atoms with Crippen LogP contribution in [0.15, 0.2) is 0 Å². The fourth-order valence-electron chi connectivity index (χ4n) is 0.176. The van der Waals surface area contributed by atoms with Gasteiger partial charge in [-0.25, -0.2) is 4.79 Å². The van der Waals surface area contributed by atoms with Crippen molar-refractivity contribution >= 4 is 23.9 Å². The molecule has 0 saturated carbocycles. The molecule has 0 aromatic carbocycles. The molecule has 0 heterocycles. The monoisotopic (exact) mass is 166 g/mol. The number of halogens is 1. The van der Waals surface area contributed by atoms with Crippen LogP contribution in [0, 0.1) is 0 Å². The second kappa shape index (κ2) is 11.3. The van der Waals surface area contributed by atoms with Crippen LogP contribution in [-0.4, -0.2) is 24.7 Å². The van der Waals surface area contributed by atoms with Gasteiger partial charge in [-0.3, -0.25) is 4.79 Å². The first-order chi connectivity index (χ1) is 4.72. The molecule has 0 amide bonds. The van der Waals surface area contributed by atoms with Gasteiger partial charge in [0.1, 0.15) is 0 Å². The number of carbonyl (C=O) groups is 2. The summed E-state index contributed by atoms with van der Waals surface area (Å²) in [6.45, 7) is 3.79. The molecule has 0 saturated heterocycles. The van der Waals surface area contributed by atoms with Crippen molar-refractivity contribution in [2.24, 2.45) is 0 Å². The van der Waals surface area contributed by atoms with Crippen molar-refractivity contribution in [2.75, 3.05) is 12.5 Å². The lowest BCUT2D eigenvalue weighted by Crippen LogP contribution is -2.03. The molecule has 10 heavy (non-hydrogen) atoms. The maximum Gasteiger partial charge on any atom is 0.371 e. The van der Waals surface area contributed by atoms with Gasteiger partial charge in [0.2, 0.25) is 6.29 Å². The van der Waals surface area contributed by atoms with Gasteiger partial charge in [0, 0.05) is 5.88 Å². The van der Waals surface area contributed by atoms with Crippen molar-refractivity contribution in [3.05, 3.63) is 0 Å². The molecule has 3 nitrogen and oxygen atoms in total. The zero-order valence-electron chi connectivity index (χ0n) is 6.09. The summed E-state index contributed by atoms with van der Waals surface area (Å²) in [6, 6.07) is 0. The van der Waals surface area contributed by atoms with Crippen molar-refractivity contribution in [1.29, 1.82) is 0 Å². The number of carbonyl (C=O) groups excluding carboxylic acids is 2. The lowest BCUT2D eigenvalue weighted by molar-refractivity contribution is -0.148. The van der Waals surface area contributed by atoms with Gasteiger partial charge < -0.3 is 4.74 Å². The molecule has 4 heteroatoms. The number of esters is 1. The van der Waals surface area contributed by atoms with E-state index in [0.717, 1.165) is 5.88 Å². The van der Waals surface area contributed by atoms with Crippen LogP contribution in [0.25, 0.3) is 0 Å². The Morgan fingerprint density at radius 1 is 1.60 bits per heavy atom. The van der Waals surface area contributed by atoms with E-state index >= 15 is 0 Å². The molecule has 0 fully saturated rings. The standard InChI is InChI=1S/C4H6O3.C2H5Cl/c1-2-7-4(6)3-5;1-2-3/h3H,2H2,1H3;2H2,1H3. The first kappa shape index (κ1) is 12.1. The fraction of sp³-hybridized carbons (Fsp3) is 0.667. The molecule has 0 radical (unpaired) electrons. The maximum atomic E-state index is 9.82. The van der Waals surface area contributed by atoms with Crippen LogP contribution >= 0.6 is 11.6 Å². The highest BCUT2D eigenvalue weighted by Crippen LogP contribution is 1.68. The minimum absolute atomic E-state index is 0.142. The van der Waals surface area contributed by atoms with Crippen LogP contribution in [0.2, 0.25) is 0 Å². The van der Waals surface area contributed by atoms with E-state index in [-0.39, 0.29) is 12.9 Å². The van der Waals surface area contributed by atoms with Gasteiger partial charge in [-0.2, -0.15) is 0 Å². The first-order valence-electron chi connectivity index (χ1n) is 2.90. The molecule has 0 unspecified atom stereocenters.